The number of hydrogen-bond donors (Lipinski definition) is 0. The van der Waals surface area contributed by atoms with Gasteiger partial charge in [-0.3, -0.25) is 4.98 Å². The molecule has 0 radical (unpaired) electrons. The first-order valence-electron chi connectivity index (χ1n) is 9.27. The molecule has 1 fully saturated rings. The van der Waals surface area contributed by atoms with E-state index in [0.717, 1.165) is 16.9 Å². The molecule has 2 aromatic carbocycles. The van der Waals surface area contributed by atoms with E-state index in [1.54, 1.807) is 30.5 Å². The Morgan fingerprint density at radius 2 is 1.64 bits per heavy atom. The number of hydrogen-bond acceptors (Lipinski definition) is 6. The molecule has 1 aliphatic rings. The van der Waals surface area contributed by atoms with Gasteiger partial charge in [0, 0.05) is 26.2 Å². The largest absolute Gasteiger partial charge is 0.494 e. The molecule has 2 heterocycles. The van der Waals surface area contributed by atoms with Crippen LogP contribution in [-0.4, -0.2) is 55.5 Å². The van der Waals surface area contributed by atoms with Crippen molar-refractivity contribution in [2.75, 3.05) is 37.7 Å². The van der Waals surface area contributed by atoms with E-state index in [2.05, 4.69) is 14.9 Å². The average molecular weight is 398 g/mol. The predicted molar refractivity (Wildman–Crippen MR) is 108 cm³/mol. The van der Waals surface area contributed by atoms with Crippen molar-refractivity contribution in [2.45, 2.75) is 11.8 Å². The maximum absolute atomic E-state index is 12.9. The van der Waals surface area contributed by atoms with Crippen molar-refractivity contribution in [3.05, 3.63) is 54.7 Å². The molecule has 0 aliphatic carbocycles. The third-order valence-electron chi connectivity index (χ3n) is 4.77. The number of benzene rings is 2. The lowest BCUT2D eigenvalue weighted by Gasteiger charge is -2.34. The summed E-state index contributed by atoms with van der Waals surface area (Å²) < 4.78 is 32.7. The van der Waals surface area contributed by atoms with Crippen molar-refractivity contribution in [3.63, 3.8) is 0 Å². The molecule has 0 unspecified atom stereocenters. The number of ether oxygens (including phenoxy) is 1. The molecular weight excluding hydrogens is 376 g/mol. The first kappa shape index (κ1) is 18.6. The molecule has 0 amide bonds. The van der Waals surface area contributed by atoms with E-state index >= 15 is 0 Å². The highest BCUT2D eigenvalue weighted by molar-refractivity contribution is 7.89. The molecule has 1 saturated heterocycles. The summed E-state index contributed by atoms with van der Waals surface area (Å²) in [4.78, 5) is 11.5. The van der Waals surface area contributed by atoms with Gasteiger partial charge in [-0.25, -0.2) is 13.4 Å². The van der Waals surface area contributed by atoms with Gasteiger partial charge >= 0.3 is 0 Å². The average Bonchev–Trinajstić information content (AvgIpc) is 2.74. The summed E-state index contributed by atoms with van der Waals surface area (Å²) >= 11 is 0. The van der Waals surface area contributed by atoms with Gasteiger partial charge in [-0.1, -0.05) is 12.1 Å². The summed E-state index contributed by atoms with van der Waals surface area (Å²) in [5.41, 5.74) is 1.69. The third kappa shape index (κ3) is 3.65. The highest BCUT2D eigenvalue weighted by Crippen LogP contribution is 2.23. The predicted octanol–water partition coefficient (Wildman–Crippen LogP) is 2.54. The van der Waals surface area contributed by atoms with Gasteiger partial charge in [0.25, 0.3) is 0 Å². The molecule has 8 heteroatoms. The van der Waals surface area contributed by atoms with E-state index in [4.69, 9.17) is 4.74 Å². The molecule has 1 aromatic heterocycles. The molecule has 0 saturated carbocycles. The van der Waals surface area contributed by atoms with Crippen molar-refractivity contribution in [2.24, 2.45) is 0 Å². The number of aromatic nitrogens is 2. The molecule has 7 nitrogen and oxygen atoms in total. The summed E-state index contributed by atoms with van der Waals surface area (Å²) in [7, 11) is -3.52. The van der Waals surface area contributed by atoms with Crippen LogP contribution in [0.15, 0.2) is 59.6 Å². The summed E-state index contributed by atoms with van der Waals surface area (Å²) in [6.07, 6.45) is 1.75. The van der Waals surface area contributed by atoms with Crippen LogP contribution in [0.4, 0.5) is 5.82 Å². The van der Waals surface area contributed by atoms with E-state index in [1.165, 1.54) is 4.31 Å². The number of anilines is 1. The Labute approximate surface area is 164 Å². The van der Waals surface area contributed by atoms with E-state index in [1.807, 2.05) is 31.2 Å². The molecule has 0 atom stereocenters. The molecule has 28 heavy (non-hydrogen) atoms. The fourth-order valence-electron chi connectivity index (χ4n) is 3.28. The number of para-hydroxylation sites is 2. The second-order valence-electron chi connectivity index (χ2n) is 6.51. The minimum Gasteiger partial charge on any atom is -0.494 e. The number of fused-ring (bicyclic) bond motifs is 1. The number of piperazine rings is 1. The highest BCUT2D eigenvalue weighted by Gasteiger charge is 2.29. The Kier molecular flexibility index (Phi) is 5.15. The Balaban J connectivity index is 1.46. The van der Waals surface area contributed by atoms with Gasteiger partial charge in [-0.2, -0.15) is 4.31 Å². The molecule has 0 bridgehead atoms. The Hall–Kier alpha value is -2.71. The maximum atomic E-state index is 12.9. The summed E-state index contributed by atoms with van der Waals surface area (Å²) in [6.45, 7) is 4.40. The lowest BCUT2D eigenvalue weighted by Crippen LogP contribution is -2.48. The topological polar surface area (TPSA) is 75.6 Å². The lowest BCUT2D eigenvalue weighted by atomic mass is 10.3. The summed E-state index contributed by atoms with van der Waals surface area (Å²) in [5, 5.41) is 0. The Bertz CT molecular complexity index is 1060. The van der Waals surface area contributed by atoms with Crippen LogP contribution in [0.25, 0.3) is 11.0 Å². The van der Waals surface area contributed by atoms with Crippen LogP contribution in [0.5, 0.6) is 5.75 Å². The van der Waals surface area contributed by atoms with Gasteiger partial charge in [-0.15, -0.1) is 0 Å². The third-order valence-corrected chi connectivity index (χ3v) is 6.68. The molecule has 1 aliphatic heterocycles. The monoisotopic (exact) mass is 398 g/mol. The number of nitrogens with zero attached hydrogens (tertiary/aromatic N) is 4. The highest BCUT2D eigenvalue weighted by atomic mass is 32.2. The first-order chi connectivity index (χ1) is 13.6. The van der Waals surface area contributed by atoms with E-state index < -0.39 is 10.0 Å². The van der Waals surface area contributed by atoms with Crippen LogP contribution >= 0.6 is 0 Å². The minimum atomic E-state index is -3.52. The van der Waals surface area contributed by atoms with Crippen LogP contribution in [0.1, 0.15) is 6.92 Å². The van der Waals surface area contributed by atoms with Crippen LogP contribution in [0, 0.1) is 0 Å². The number of rotatable bonds is 5. The van der Waals surface area contributed by atoms with Crippen molar-refractivity contribution in [1.29, 1.82) is 0 Å². The summed E-state index contributed by atoms with van der Waals surface area (Å²) in [5.74, 6) is 1.44. The number of sulfonamides is 1. The second kappa shape index (κ2) is 7.73. The van der Waals surface area contributed by atoms with E-state index in [-0.39, 0.29) is 4.90 Å². The normalized spacial score (nSPS) is 15.7. The van der Waals surface area contributed by atoms with Gasteiger partial charge in [0.05, 0.1) is 28.7 Å². The first-order valence-corrected chi connectivity index (χ1v) is 10.7. The van der Waals surface area contributed by atoms with Crippen molar-refractivity contribution in [3.8, 4) is 5.75 Å². The van der Waals surface area contributed by atoms with Crippen molar-refractivity contribution >= 4 is 26.9 Å². The fourth-order valence-corrected chi connectivity index (χ4v) is 4.70. The second-order valence-corrected chi connectivity index (χ2v) is 8.45. The quantitative estimate of drug-likeness (QED) is 0.657. The minimum absolute atomic E-state index is 0.287. The van der Waals surface area contributed by atoms with Crippen molar-refractivity contribution in [1.82, 2.24) is 14.3 Å². The molecule has 0 spiro atoms. The van der Waals surface area contributed by atoms with Gasteiger partial charge in [0.15, 0.2) is 0 Å². The Morgan fingerprint density at radius 3 is 2.32 bits per heavy atom. The van der Waals surface area contributed by atoms with Gasteiger partial charge in [0.2, 0.25) is 10.0 Å². The van der Waals surface area contributed by atoms with E-state index in [0.29, 0.717) is 38.5 Å². The summed E-state index contributed by atoms with van der Waals surface area (Å²) in [6, 6.07) is 14.3. The van der Waals surface area contributed by atoms with Crippen LogP contribution in [0.3, 0.4) is 0 Å². The van der Waals surface area contributed by atoms with Gasteiger partial charge < -0.3 is 9.64 Å². The standard InChI is InChI=1S/C20H22N4O3S/c1-2-27-16-7-9-17(10-8-16)28(25,26)24-13-11-23(12-14-24)20-15-21-18-5-3-4-6-19(18)22-20/h3-10,15H,2,11-14H2,1H3. The van der Waals surface area contributed by atoms with Gasteiger partial charge in [-0.05, 0) is 43.3 Å². The zero-order chi connectivity index (χ0) is 19.6. The van der Waals surface area contributed by atoms with E-state index in [9.17, 15) is 8.42 Å². The molecule has 146 valence electrons. The van der Waals surface area contributed by atoms with Crippen LogP contribution in [-0.2, 0) is 10.0 Å². The zero-order valence-electron chi connectivity index (χ0n) is 15.7. The molecule has 4 rings (SSSR count). The van der Waals surface area contributed by atoms with Gasteiger partial charge in [0.1, 0.15) is 11.6 Å². The fraction of sp³-hybridized carbons (Fsp3) is 0.300. The Morgan fingerprint density at radius 1 is 0.964 bits per heavy atom. The van der Waals surface area contributed by atoms with Crippen LogP contribution in [0.2, 0.25) is 0 Å². The lowest BCUT2D eigenvalue weighted by molar-refractivity contribution is 0.340. The molecular formula is C20H22N4O3S. The maximum Gasteiger partial charge on any atom is 0.243 e. The molecule has 3 aromatic rings. The zero-order valence-corrected chi connectivity index (χ0v) is 16.5. The van der Waals surface area contributed by atoms with Crippen LogP contribution < -0.4 is 9.64 Å². The smallest absolute Gasteiger partial charge is 0.243 e. The SMILES string of the molecule is CCOc1ccc(S(=O)(=O)N2CCN(c3cnc4ccccc4n3)CC2)cc1. The van der Waals surface area contributed by atoms with Crippen molar-refractivity contribution < 1.29 is 13.2 Å². The molecule has 0 N–H and O–H groups in total.